The number of carbonyl (C=O) groups excluding carboxylic acids is 2. The highest BCUT2D eigenvalue weighted by atomic mass is 16.2. The molecule has 0 spiro atoms. The minimum absolute atomic E-state index is 0.0104. The SMILES string of the molecule is CCN1CC(=O)N(C2CCCC2)C1=O. The number of hydrogen-bond acceptors (Lipinski definition) is 2. The molecule has 2 fully saturated rings. The molecule has 0 N–H and O–H groups in total. The average Bonchev–Trinajstić information content (AvgIpc) is 2.74. The van der Waals surface area contributed by atoms with Crippen LogP contribution in [-0.2, 0) is 4.79 Å². The van der Waals surface area contributed by atoms with Gasteiger partial charge in [-0.2, -0.15) is 0 Å². The number of rotatable bonds is 2. The molecule has 1 heterocycles. The lowest BCUT2D eigenvalue weighted by Crippen LogP contribution is -2.39. The minimum Gasteiger partial charge on any atom is -0.315 e. The Hall–Kier alpha value is -1.06. The Morgan fingerprint density at radius 1 is 1.29 bits per heavy atom. The molecule has 0 atom stereocenters. The Kier molecular flexibility index (Phi) is 2.44. The maximum Gasteiger partial charge on any atom is 0.327 e. The zero-order valence-electron chi connectivity index (χ0n) is 8.53. The van der Waals surface area contributed by atoms with Gasteiger partial charge in [0.05, 0.1) is 0 Å². The number of imide groups is 1. The van der Waals surface area contributed by atoms with Crippen molar-refractivity contribution in [1.82, 2.24) is 9.80 Å². The summed E-state index contributed by atoms with van der Waals surface area (Å²) in [6.07, 6.45) is 4.28. The normalized spacial score (nSPS) is 24.1. The van der Waals surface area contributed by atoms with Crippen molar-refractivity contribution in [2.24, 2.45) is 0 Å². The first kappa shape index (κ1) is 9.49. The van der Waals surface area contributed by atoms with Crippen molar-refractivity contribution in [3.8, 4) is 0 Å². The van der Waals surface area contributed by atoms with Gasteiger partial charge in [-0.25, -0.2) is 4.79 Å². The first-order valence-electron chi connectivity index (χ1n) is 5.35. The van der Waals surface area contributed by atoms with Gasteiger partial charge in [0.1, 0.15) is 6.54 Å². The number of urea groups is 1. The van der Waals surface area contributed by atoms with Crippen molar-refractivity contribution < 1.29 is 9.59 Å². The van der Waals surface area contributed by atoms with Crippen LogP contribution in [0.4, 0.5) is 4.79 Å². The van der Waals surface area contributed by atoms with E-state index >= 15 is 0 Å². The van der Waals surface area contributed by atoms with Gasteiger partial charge in [0, 0.05) is 12.6 Å². The molecular formula is C10H16N2O2. The van der Waals surface area contributed by atoms with E-state index in [4.69, 9.17) is 0 Å². The highest BCUT2D eigenvalue weighted by Crippen LogP contribution is 2.26. The van der Waals surface area contributed by atoms with E-state index in [9.17, 15) is 9.59 Å². The molecule has 0 bridgehead atoms. The van der Waals surface area contributed by atoms with Gasteiger partial charge in [-0.3, -0.25) is 9.69 Å². The van der Waals surface area contributed by atoms with Crippen LogP contribution in [0.15, 0.2) is 0 Å². The molecule has 78 valence electrons. The van der Waals surface area contributed by atoms with Gasteiger partial charge in [-0.05, 0) is 19.8 Å². The fourth-order valence-corrected chi connectivity index (χ4v) is 2.34. The zero-order chi connectivity index (χ0) is 10.1. The van der Waals surface area contributed by atoms with E-state index < -0.39 is 0 Å². The summed E-state index contributed by atoms with van der Waals surface area (Å²) < 4.78 is 0. The Morgan fingerprint density at radius 3 is 2.43 bits per heavy atom. The highest BCUT2D eigenvalue weighted by molar-refractivity contribution is 6.02. The molecule has 4 nitrogen and oxygen atoms in total. The van der Waals surface area contributed by atoms with E-state index in [-0.39, 0.29) is 24.5 Å². The van der Waals surface area contributed by atoms with Gasteiger partial charge in [-0.15, -0.1) is 0 Å². The fraction of sp³-hybridized carbons (Fsp3) is 0.800. The second-order valence-electron chi connectivity index (χ2n) is 4.00. The third kappa shape index (κ3) is 1.38. The molecular weight excluding hydrogens is 180 g/mol. The van der Waals surface area contributed by atoms with E-state index in [0.29, 0.717) is 6.54 Å². The van der Waals surface area contributed by atoms with E-state index in [1.165, 1.54) is 4.90 Å². The van der Waals surface area contributed by atoms with Gasteiger partial charge < -0.3 is 4.90 Å². The van der Waals surface area contributed by atoms with Crippen LogP contribution < -0.4 is 0 Å². The third-order valence-electron chi connectivity index (χ3n) is 3.14. The van der Waals surface area contributed by atoms with Gasteiger partial charge in [-0.1, -0.05) is 12.8 Å². The molecule has 1 saturated carbocycles. The summed E-state index contributed by atoms with van der Waals surface area (Å²) in [4.78, 5) is 26.5. The van der Waals surface area contributed by atoms with E-state index in [1.807, 2.05) is 6.92 Å². The Labute approximate surface area is 83.9 Å². The van der Waals surface area contributed by atoms with Crippen molar-refractivity contribution in [1.29, 1.82) is 0 Å². The molecule has 0 aromatic carbocycles. The van der Waals surface area contributed by atoms with Gasteiger partial charge in [0.15, 0.2) is 0 Å². The average molecular weight is 196 g/mol. The van der Waals surface area contributed by atoms with Crippen molar-refractivity contribution >= 4 is 11.9 Å². The molecule has 2 aliphatic rings. The van der Waals surface area contributed by atoms with Crippen LogP contribution in [0.25, 0.3) is 0 Å². The van der Waals surface area contributed by atoms with Crippen molar-refractivity contribution in [3.05, 3.63) is 0 Å². The van der Waals surface area contributed by atoms with E-state index in [2.05, 4.69) is 0 Å². The van der Waals surface area contributed by atoms with Crippen molar-refractivity contribution in [3.63, 3.8) is 0 Å². The van der Waals surface area contributed by atoms with Gasteiger partial charge >= 0.3 is 6.03 Å². The second-order valence-corrected chi connectivity index (χ2v) is 4.00. The van der Waals surface area contributed by atoms with E-state index in [1.54, 1.807) is 4.90 Å². The van der Waals surface area contributed by atoms with Crippen LogP contribution in [0.2, 0.25) is 0 Å². The number of amides is 3. The summed E-state index contributed by atoms with van der Waals surface area (Å²) in [5.41, 5.74) is 0. The molecule has 1 aliphatic carbocycles. The molecule has 0 aromatic rings. The molecule has 3 amide bonds. The highest BCUT2D eigenvalue weighted by Gasteiger charge is 2.40. The van der Waals surface area contributed by atoms with Crippen LogP contribution in [0.3, 0.4) is 0 Å². The molecule has 4 heteroatoms. The molecule has 0 unspecified atom stereocenters. The first-order chi connectivity index (χ1) is 6.74. The lowest BCUT2D eigenvalue weighted by atomic mass is 10.2. The van der Waals surface area contributed by atoms with Crippen LogP contribution in [-0.4, -0.2) is 40.9 Å². The lowest BCUT2D eigenvalue weighted by Gasteiger charge is -2.21. The summed E-state index contributed by atoms with van der Waals surface area (Å²) in [5, 5.41) is 0. The summed E-state index contributed by atoms with van der Waals surface area (Å²) in [7, 11) is 0. The van der Waals surface area contributed by atoms with Gasteiger partial charge in [0.25, 0.3) is 5.91 Å². The lowest BCUT2D eigenvalue weighted by molar-refractivity contribution is -0.126. The summed E-state index contributed by atoms with van der Waals surface area (Å²) in [5.74, 6) is -0.0104. The van der Waals surface area contributed by atoms with Crippen LogP contribution in [0, 0.1) is 0 Å². The first-order valence-corrected chi connectivity index (χ1v) is 5.35. The third-order valence-corrected chi connectivity index (χ3v) is 3.14. The minimum atomic E-state index is -0.0793. The maximum absolute atomic E-state index is 11.8. The van der Waals surface area contributed by atoms with Crippen LogP contribution in [0.1, 0.15) is 32.6 Å². The Balaban J connectivity index is 2.10. The number of nitrogens with zero attached hydrogens (tertiary/aromatic N) is 2. The largest absolute Gasteiger partial charge is 0.327 e. The van der Waals surface area contributed by atoms with Crippen LogP contribution >= 0.6 is 0 Å². The summed E-state index contributed by atoms with van der Waals surface area (Å²) >= 11 is 0. The predicted octanol–water partition coefficient (Wildman–Crippen LogP) is 1.21. The fourth-order valence-electron chi connectivity index (χ4n) is 2.34. The van der Waals surface area contributed by atoms with Crippen LogP contribution in [0.5, 0.6) is 0 Å². The molecule has 1 aliphatic heterocycles. The molecule has 0 aromatic heterocycles. The smallest absolute Gasteiger partial charge is 0.315 e. The summed E-state index contributed by atoms with van der Waals surface area (Å²) in [6, 6.07) is 0.107. The zero-order valence-corrected chi connectivity index (χ0v) is 8.53. The van der Waals surface area contributed by atoms with E-state index in [0.717, 1.165) is 25.7 Å². The number of likely N-dealkylation sites (N-methyl/N-ethyl adjacent to an activating group) is 1. The van der Waals surface area contributed by atoms with Crippen molar-refractivity contribution in [2.45, 2.75) is 38.6 Å². The monoisotopic (exact) mass is 196 g/mol. The molecule has 14 heavy (non-hydrogen) atoms. The quantitative estimate of drug-likeness (QED) is 0.623. The molecule has 0 radical (unpaired) electrons. The standard InChI is InChI=1S/C10H16N2O2/c1-2-11-7-9(13)12(10(11)14)8-5-3-4-6-8/h8H,2-7H2,1H3. The summed E-state index contributed by atoms with van der Waals surface area (Å²) in [6.45, 7) is 2.82. The molecule has 1 saturated heterocycles. The Bertz CT molecular complexity index is 259. The number of hydrogen-bond donors (Lipinski definition) is 0. The Morgan fingerprint density at radius 2 is 1.93 bits per heavy atom. The topological polar surface area (TPSA) is 40.6 Å². The van der Waals surface area contributed by atoms with Gasteiger partial charge in [0.2, 0.25) is 0 Å². The van der Waals surface area contributed by atoms with Crippen molar-refractivity contribution in [2.75, 3.05) is 13.1 Å². The maximum atomic E-state index is 11.8. The predicted molar refractivity (Wildman–Crippen MR) is 51.7 cm³/mol. The number of carbonyl (C=O) groups is 2. The second kappa shape index (κ2) is 3.59. The molecule has 2 rings (SSSR count).